The van der Waals surface area contributed by atoms with E-state index in [2.05, 4.69) is 45.5 Å². The van der Waals surface area contributed by atoms with Crippen molar-refractivity contribution in [1.82, 2.24) is 15.2 Å². The third kappa shape index (κ3) is 2.20. The zero-order chi connectivity index (χ0) is 13.8. The monoisotopic (exact) mass is 266 g/mol. The van der Waals surface area contributed by atoms with Gasteiger partial charge in [-0.3, -0.25) is 5.10 Å². The molecule has 1 aromatic carbocycles. The Bertz CT molecular complexity index is 603. The molecule has 0 aliphatic heterocycles. The van der Waals surface area contributed by atoms with E-state index < -0.39 is 0 Å². The van der Waals surface area contributed by atoms with Gasteiger partial charge in [0.15, 0.2) is 5.82 Å². The molecule has 102 valence electrons. The summed E-state index contributed by atoms with van der Waals surface area (Å²) in [5.41, 5.74) is 1.21. The molecule has 20 heavy (non-hydrogen) atoms. The Morgan fingerprint density at radius 3 is 2.60 bits per heavy atom. The van der Waals surface area contributed by atoms with Crippen LogP contribution in [0.1, 0.15) is 49.3 Å². The number of benzene rings is 1. The number of hydrogen-bond acceptors (Lipinski definition) is 3. The van der Waals surface area contributed by atoms with Crippen LogP contribution in [0.3, 0.4) is 0 Å². The quantitative estimate of drug-likeness (QED) is 0.928. The molecule has 4 heteroatoms. The molecule has 1 fully saturated rings. The predicted molar refractivity (Wildman–Crippen MR) is 76.0 cm³/mol. The van der Waals surface area contributed by atoms with Crippen LogP contribution in [0.25, 0.3) is 0 Å². The van der Waals surface area contributed by atoms with E-state index in [0.717, 1.165) is 18.7 Å². The van der Waals surface area contributed by atoms with Gasteiger partial charge in [-0.25, -0.2) is 4.98 Å². The van der Waals surface area contributed by atoms with Gasteiger partial charge in [0.1, 0.15) is 5.82 Å². The number of hydrogen-bond donors (Lipinski definition) is 1. The second-order valence-electron chi connectivity index (χ2n) is 5.45. The number of rotatable bonds is 3. The van der Waals surface area contributed by atoms with Crippen LogP contribution in [-0.2, 0) is 11.8 Å². The topological polar surface area (TPSA) is 65.4 Å². The molecule has 0 bridgehead atoms. The summed E-state index contributed by atoms with van der Waals surface area (Å²) in [4.78, 5) is 4.58. The van der Waals surface area contributed by atoms with Gasteiger partial charge >= 0.3 is 0 Å². The first-order chi connectivity index (χ1) is 9.85. The Hall–Kier alpha value is -2.15. The minimum absolute atomic E-state index is 0.0796. The van der Waals surface area contributed by atoms with Crippen molar-refractivity contribution in [2.24, 2.45) is 0 Å². The molecule has 1 saturated carbocycles. The smallest absolute Gasteiger partial charge is 0.161 e. The van der Waals surface area contributed by atoms with E-state index in [9.17, 15) is 0 Å². The van der Waals surface area contributed by atoms with Crippen LogP contribution in [0.4, 0.5) is 0 Å². The minimum Gasteiger partial charge on any atom is -0.262 e. The molecule has 0 atom stereocenters. The van der Waals surface area contributed by atoms with Crippen molar-refractivity contribution in [3.05, 3.63) is 47.5 Å². The molecule has 1 heterocycles. The lowest BCUT2D eigenvalue weighted by atomic mass is 9.69. The van der Waals surface area contributed by atoms with E-state index in [-0.39, 0.29) is 11.8 Å². The first kappa shape index (κ1) is 12.9. The molecule has 0 spiro atoms. The molecule has 0 unspecified atom stereocenters. The molecular weight excluding hydrogens is 248 g/mol. The lowest BCUT2D eigenvalue weighted by Gasteiger charge is -2.35. The van der Waals surface area contributed by atoms with Gasteiger partial charge in [0.25, 0.3) is 0 Å². The van der Waals surface area contributed by atoms with Crippen LogP contribution in [0.2, 0.25) is 0 Å². The van der Waals surface area contributed by atoms with Gasteiger partial charge in [0.2, 0.25) is 0 Å². The van der Waals surface area contributed by atoms with Crippen LogP contribution >= 0.6 is 0 Å². The first-order valence-electron chi connectivity index (χ1n) is 7.19. The van der Waals surface area contributed by atoms with Gasteiger partial charge in [0.05, 0.1) is 17.9 Å². The molecule has 1 aliphatic rings. The fourth-order valence-corrected chi connectivity index (χ4v) is 3.22. The third-order valence-corrected chi connectivity index (χ3v) is 4.24. The molecule has 1 aliphatic carbocycles. The molecule has 1 N–H and O–H groups in total. The maximum atomic E-state index is 8.78. The second-order valence-corrected chi connectivity index (χ2v) is 5.45. The number of aromatic nitrogens is 3. The van der Waals surface area contributed by atoms with Crippen molar-refractivity contribution >= 4 is 0 Å². The van der Waals surface area contributed by atoms with Crippen molar-refractivity contribution in [2.45, 2.75) is 43.9 Å². The Balaban J connectivity index is 2.03. The number of nitrogens with one attached hydrogen (secondary N) is 1. The van der Waals surface area contributed by atoms with Gasteiger partial charge in [-0.05, 0) is 18.4 Å². The van der Waals surface area contributed by atoms with Crippen molar-refractivity contribution in [3.63, 3.8) is 0 Å². The summed E-state index contributed by atoms with van der Waals surface area (Å²) >= 11 is 0. The van der Waals surface area contributed by atoms with E-state index in [1.807, 2.05) is 6.07 Å². The summed E-state index contributed by atoms with van der Waals surface area (Å²) in [5, 5.41) is 16.1. The standard InChI is InChI=1S/C16H18N4/c17-12-9-14-18-15(20-19-14)16(10-5-2-6-11-16)13-7-3-1-4-8-13/h1,3-4,7-8H,2,5-6,9-11H2,(H,18,19,20). The summed E-state index contributed by atoms with van der Waals surface area (Å²) < 4.78 is 0. The zero-order valence-corrected chi connectivity index (χ0v) is 11.5. The summed E-state index contributed by atoms with van der Waals surface area (Å²) in [6, 6.07) is 12.7. The Morgan fingerprint density at radius 2 is 1.90 bits per heavy atom. The number of nitriles is 1. The van der Waals surface area contributed by atoms with Gasteiger partial charge in [-0.2, -0.15) is 10.4 Å². The molecule has 0 radical (unpaired) electrons. The molecule has 4 nitrogen and oxygen atoms in total. The van der Waals surface area contributed by atoms with Crippen LogP contribution in [-0.4, -0.2) is 15.2 Å². The molecular formula is C16H18N4. The molecule has 0 amide bonds. The highest BCUT2D eigenvalue weighted by atomic mass is 15.2. The Labute approximate surface area is 118 Å². The largest absolute Gasteiger partial charge is 0.262 e. The number of aromatic amines is 1. The molecule has 3 rings (SSSR count). The van der Waals surface area contributed by atoms with E-state index in [1.165, 1.54) is 24.8 Å². The van der Waals surface area contributed by atoms with Gasteiger partial charge in [0, 0.05) is 0 Å². The SMILES string of the molecule is N#CCc1nc(C2(c3ccccc3)CCCCC2)n[nH]1. The molecule has 2 aromatic rings. The zero-order valence-electron chi connectivity index (χ0n) is 11.5. The van der Waals surface area contributed by atoms with E-state index >= 15 is 0 Å². The summed E-state index contributed by atoms with van der Waals surface area (Å²) in [5.74, 6) is 1.53. The Morgan fingerprint density at radius 1 is 1.15 bits per heavy atom. The van der Waals surface area contributed by atoms with Crippen molar-refractivity contribution in [3.8, 4) is 6.07 Å². The predicted octanol–water partition coefficient (Wildman–Crippen LogP) is 3.12. The van der Waals surface area contributed by atoms with Gasteiger partial charge in [-0.15, -0.1) is 0 Å². The highest BCUT2D eigenvalue weighted by Gasteiger charge is 2.39. The highest BCUT2D eigenvalue weighted by Crippen LogP contribution is 2.43. The number of H-pyrrole nitrogens is 1. The maximum absolute atomic E-state index is 8.78. The third-order valence-electron chi connectivity index (χ3n) is 4.24. The maximum Gasteiger partial charge on any atom is 0.161 e. The second kappa shape index (κ2) is 5.46. The van der Waals surface area contributed by atoms with Crippen molar-refractivity contribution in [2.75, 3.05) is 0 Å². The van der Waals surface area contributed by atoms with Crippen LogP contribution in [0.15, 0.2) is 30.3 Å². The summed E-state index contributed by atoms with van der Waals surface area (Å²) in [7, 11) is 0. The summed E-state index contributed by atoms with van der Waals surface area (Å²) in [6.45, 7) is 0. The van der Waals surface area contributed by atoms with Crippen LogP contribution in [0, 0.1) is 11.3 Å². The Kier molecular flexibility index (Phi) is 3.51. The van der Waals surface area contributed by atoms with Crippen molar-refractivity contribution in [1.29, 1.82) is 5.26 Å². The fraction of sp³-hybridized carbons (Fsp3) is 0.438. The average Bonchev–Trinajstić information content (AvgIpc) is 2.98. The average molecular weight is 266 g/mol. The fourth-order valence-electron chi connectivity index (χ4n) is 3.22. The minimum atomic E-state index is -0.0796. The normalized spacial score (nSPS) is 17.6. The first-order valence-corrected chi connectivity index (χ1v) is 7.19. The van der Waals surface area contributed by atoms with Crippen LogP contribution in [0.5, 0.6) is 0 Å². The highest BCUT2D eigenvalue weighted by molar-refractivity contribution is 5.33. The van der Waals surface area contributed by atoms with E-state index in [1.54, 1.807) is 0 Å². The molecule has 1 aromatic heterocycles. The van der Waals surface area contributed by atoms with Gasteiger partial charge in [-0.1, -0.05) is 49.6 Å². The lowest BCUT2D eigenvalue weighted by Crippen LogP contribution is -2.31. The van der Waals surface area contributed by atoms with E-state index in [4.69, 9.17) is 5.26 Å². The number of nitrogens with zero attached hydrogens (tertiary/aromatic N) is 3. The lowest BCUT2D eigenvalue weighted by molar-refractivity contribution is 0.331. The van der Waals surface area contributed by atoms with Gasteiger partial charge < -0.3 is 0 Å². The van der Waals surface area contributed by atoms with E-state index in [0.29, 0.717) is 5.82 Å². The molecule has 0 saturated heterocycles. The van der Waals surface area contributed by atoms with Crippen LogP contribution < -0.4 is 0 Å². The van der Waals surface area contributed by atoms with Crippen molar-refractivity contribution < 1.29 is 0 Å². The summed E-state index contributed by atoms with van der Waals surface area (Å²) in [6.07, 6.45) is 6.15.